The lowest BCUT2D eigenvalue weighted by molar-refractivity contribution is -0.122. The first-order valence-corrected chi connectivity index (χ1v) is 8.95. The van der Waals surface area contributed by atoms with E-state index in [-0.39, 0.29) is 11.8 Å². The number of amides is 2. The van der Waals surface area contributed by atoms with E-state index < -0.39 is 0 Å². The maximum Gasteiger partial charge on any atom is 0.262 e. The second-order valence-corrected chi connectivity index (χ2v) is 6.92. The van der Waals surface area contributed by atoms with Crippen molar-refractivity contribution in [1.82, 2.24) is 14.8 Å². The molecule has 27 heavy (non-hydrogen) atoms. The number of aromatic nitrogens is 1. The molecule has 136 valence electrons. The zero-order valence-electron chi connectivity index (χ0n) is 15.4. The van der Waals surface area contributed by atoms with Gasteiger partial charge in [0.15, 0.2) is 0 Å². The molecule has 0 spiro atoms. The van der Waals surface area contributed by atoms with Gasteiger partial charge in [-0.1, -0.05) is 36.4 Å². The van der Waals surface area contributed by atoms with Crippen LogP contribution in [0.25, 0.3) is 16.5 Å². The van der Waals surface area contributed by atoms with Gasteiger partial charge >= 0.3 is 0 Å². The van der Waals surface area contributed by atoms with Crippen molar-refractivity contribution in [2.75, 3.05) is 20.6 Å². The standard InChI is InChI=1S/C22H21N3O2/c1-24(2)14-19-17-8-3-4-9-18(17)21(26)25(22(19)27)12-11-15-13-23-20-10-6-5-7-16(15)20/h3-10,13-14,23H,11-12H2,1-2H3. The van der Waals surface area contributed by atoms with Crippen molar-refractivity contribution in [3.8, 4) is 0 Å². The molecule has 2 aromatic carbocycles. The maximum absolute atomic E-state index is 13.1. The van der Waals surface area contributed by atoms with Gasteiger partial charge in [-0.3, -0.25) is 14.5 Å². The fourth-order valence-corrected chi connectivity index (χ4v) is 3.56. The molecule has 3 aromatic rings. The fourth-order valence-electron chi connectivity index (χ4n) is 3.56. The fraction of sp³-hybridized carbons (Fsp3) is 0.182. The second kappa shape index (κ2) is 6.76. The highest BCUT2D eigenvalue weighted by molar-refractivity contribution is 6.30. The molecule has 0 aliphatic carbocycles. The maximum atomic E-state index is 13.1. The summed E-state index contributed by atoms with van der Waals surface area (Å²) in [6, 6.07) is 15.3. The molecule has 0 fully saturated rings. The second-order valence-electron chi connectivity index (χ2n) is 6.92. The SMILES string of the molecule is CN(C)C=C1C(=O)N(CCc2c[nH]c3ccccc23)C(=O)c2ccccc21. The van der Waals surface area contributed by atoms with E-state index in [1.54, 1.807) is 12.3 Å². The van der Waals surface area contributed by atoms with Crippen molar-refractivity contribution in [1.29, 1.82) is 0 Å². The largest absolute Gasteiger partial charge is 0.383 e. The normalized spacial score (nSPS) is 15.5. The number of hydrogen-bond donors (Lipinski definition) is 1. The lowest BCUT2D eigenvalue weighted by Gasteiger charge is -2.29. The van der Waals surface area contributed by atoms with Crippen LogP contribution in [0.15, 0.2) is 60.9 Å². The predicted octanol–water partition coefficient (Wildman–Crippen LogP) is 3.30. The van der Waals surface area contributed by atoms with Gasteiger partial charge < -0.3 is 9.88 Å². The van der Waals surface area contributed by atoms with Crippen LogP contribution in [0.4, 0.5) is 0 Å². The van der Waals surface area contributed by atoms with Crippen molar-refractivity contribution in [2.24, 2.45) is 0 Å². The summed E-state index contributed by atoms with van der Waals surface area (Å²) in [7, 11) is 3.74. The third-order valence-electron chi connectivity index (χ3n) is 4.84. The van der Waals surface area contributed by atoms with Crippen LogP contribution < -0.4 is 0 Å². The minimum absolute atomic E-state index is 0.230. The third-order valence-corrected chi connectivity index (χ3v) is 4.84. The molecule has 0 unspecified atom stereocenters. The van der Waals surface area contributed by atoms with Gasteiger partial charge in [0.1, 0.15) is 0 Å². The van der Waals surface area contributed by atoms with Gasteiger partial charge in [-0.2, -0.15) is 0 Å². The number of carbonyl (C=O) groups excluding carboxylic acids is 2. The third kappa shape index (κ3) is 3.01. The molecule has 2 heterocycles. The highest BCUT2D eigenvalue weighted by Crippen LogP contribution is 2.29. The first-order valence-electron chi connectivity index (χ1n) is 8.95. The zero-order valence-corrected chi connectivity index (χ0v) is 15.4. The molecule has 0 atom stereocenters. The molecule has 1 aliphatic rings. The number of fused-ring (bicyclic) bond motifs is 2. The van der Waals surface area contributed by atoms with Gasteiger partial charge in [0, 0.05) is 55.1 Å². The van der Waals surface area contributed by atoms with Crippen molar-refractivity contribution in [3.63, 3.8) is 0 Å². The van der Waals surface area contributed by atoms with Gasteiger partial charge in [-0.05, 0) is 24.1 Å². The molecular weight excluding hydrogens is 338 g/mol. The van der Waals surface area contributed by atoms with E-state index in [0.717, 1.165) is 16.5 Å². The monoisotopic (exact) mass is 359 g/mol. The van der Waals surface area contributed by atoms with E-state index in [1.165, 1.54) is 4.90 Å². The van der Waals surface area contributed by atoms with Crippen LogP contribution in [0, 0.1) is 0 Å². The van der Waals surface area contributed by atoms with E-state index in [2.05, 4.69) is 4.98 Å². The van der Waals surface area contributed by atoms with Gasteiger partial charge in [0.2, 0.25) is 0 Å². The molecule has 0 saturated heterocycles. The van der Waals surface area contributed by atoms with E-state index in [0.29, 0.717) is 29.7 Å². The summed E-state index contributed by atoms with van der Waals surface area (Å²) in [6.07, 6.45) is 4.35. The number of aromatic amines is 1. The highest BCUT2D eigenvalue weighted by atomic mass is 16.2. The summed E-state index contributed by atoms with van der Waals surface area (Å²) in [4.78, 5) is 32.4. The molecule has 5 nitrogen and oxygen atoms in total. The van der Waals surface area contributed by atoms with E-state index in [9.17, 15) is 9.59 Å². The highest BCUT2D eigenvalue weighted by Gasteiger charge is 2.34. The number of H-pyrrole nitrogens is 1. The Kier molecular flexibility index (Phi) is 4.28. The molecule has 0 radical (unpaired) electrons. The van der Waals surface area contributed by atoms with E-state index in [1.807, 2.05) is 67.7 Å². The number of imide groups is 1. The molecule has 2 amide bonds. The van der Waals surface area contributed by atoms with Crippen LogP contribution in [0.3, 0.4) is 0 Å². The van der Waals surface area contributed by atoms with Gasteiger partial charge in [-0.25, -0.2) is 0 Å². The van der Waals surface area contributed by atoms with Gasteiger partial charge in [0.05, 0.1) is 5.57 Å². The Bertz CT molecular complexity index is 1060. The first kappa shape index (κ1) is 17.1. The molecular formula is C22H21N3O2. The van der Waals surface area contributed by atoms with E-state index in [4.69, 9.17) is 0 Å². The number of benzene rings is 2. The summed E-state index contributed by atoms with van der Waals surface area (Å²) in [5.41, 5.74) is 3.98. The Morgan fingerprint density at radius 1 is 0.963 bits per heavy atom. The number of nitrogens with one attached hydrogen (secondary N) is 1. The van der Waals surface area contributed by atoms with Crippen LogP contribution in [-0.4, -0.2) is 47.2 Å². The van der Waals surface area contributed by atoms with Crippen molar-refractivity contribution < 1.29 is 9.59 Å². The number of carbonyl (C=O) groups is 2. The Morgan fingerprint density at radius 3 is 2.44 bits per heavy atom. The van der Waals surface area contributed by atoms with Crippen LogP contribution >= 0.6 is 0 Å². The number of nitrogens with zero attached hydrogens (tertiary/aromatic N) is 2. The van der Waals surface area contributed by atoms with Crippen LogP contribution in [0.5, 0.6) is 0 Å². The van der Waals surface area contributed by atoms with Crippen molar-refractivity contribution in [3.05, 3.63) is 77.6 Å². The molecule has 5 heteroatoms. The average molecular weight is 359 g/mol. The Balaban J connectivity index is 1.66. The molecule has 1 aliphatic heterocycles. The number of para-hydroxylation sites is 1. The van der Waals surface area contributed by atoms with Gasteiger partial charge in [-0.15, -0.1) is 0 Å². The number of rotatable bonds is 4. The van der Waals surface area contributed by atoms with Crippen LogP contribution in [0.1, 0.15) is 21.5 Å². The first-order chi connectivity index (χ1) is 13.1. The zero-order chi connectivity index (χ0) is 19.0. The molecule has 4 rings (SSSR count). The van der Waals surface area contributed by atoms with Gasteiger partial charge in [0.25, 0.3) is 11.8 Å². The summed E-state index contributed by atoms with van der Waals surface area (Å²) >= 11 is 0. The Labute approximate surface area is 157 Å². The summed E-state index contributed by atoms with van der Waals surface area (Å²) in [6.45, 7) is 0.346. The van der Waals surface area contributed by atoms with Crippen molar-refractivity contribution in [2.45, 2.75) is 6.42 Å². The Morgan fingerprint density at radius 2 is 1.67 bits per heavy atom. The van der Waals surface area contributed by atoms with E-state index >= 15 is 0 Å². The predicted molar refractivity (Wildman–Crippen MR) is 106 cm³/mol. The molecule has 1 N–H and O–H groups in total. The van der Waals surface area contributed by atoms with Crippen LogP contribution in [-0.2, 0) is 11.2 Å². The smallest absolute Gasteiger partial charge is 0.262 e. The lowest BCUT2D eigenvalue weighted by Crippen LogP contribution is -2.43. The van der Waals surface area contributed by atoms with Crippen molar-refractivity contribution >= 4 is 28.3 Å². The average Bonchev–Trinajstić information content (AvgIpc) is 3.08. The minimum atomic E-state index is -0.243. The summed E-state index contributed by atoms with van der Waals surface area (Å²) in [5.74, 6) is -0.474. The summed E-state index contributed by atoms with van der Waals surface area (Å²) < 4.78 is 0. The summed E-state index contributed by atoms with van der Waals surface area (Å²) in [5, 5.41) is 1.12. The minimum Gasteiger partial charge on any atom is -0.383 e. The van der Waals surface area contributed by atoms with Crippen LogP contribution in [0.2, 0.25) is 0 Å². The quantitative estimate of drug-likeness (QED) is 0.574. The lowest BCUT2D eigenvalue weighted by atomic mass is 9.93. The molecule has 0 saturated carbocycles. The molecule has 1 aromatic heterocycles. The Hall–Kier alpha value is -3.34. The topological polar surface area (TPSA) is 56.4 Å². The molecule has 0 bridgehead atoms. The number of hydrogen-bond acceptors (Lipinski definition) is 3.